The first kappa shape index (κ1) is 11.2. The van der Waals surface area contributed by atoms with Gasteiger partial charge in [-0.3, -0.25) is 0 Å². The van der Waals surface area contributed by atoms with Crippen molar-refractivity contribution >= 4 is 0 Å². The van der Waals surface area contributed by atoms with Gasteiger partial charge < -0.3 is 14.2 Å². The molecule has 1 aliphatic heterocycles. The van der Waals surface area contributed by atoms with Gasteiger partial charge in [0.2, 0.25) is 0 Å². The van der Waals surface area contributed by atoms with E-state index in [9.17, 15) is 0 Å². The third-order valence-electron chi connectivity index (χ3n) is 2.81. The van der Waals surface area contributed by atoms with Crippen molar-refractivity contribution in [3.05, 3.63) is 47.7 Å². The summed E-state index contributed by atoms with van der Waals surface area (Å²) in [5, 5.41) is 0. The van der Waals surface area contributed by atoms with E-state index in [1.165, 1.54) is 0 Å². The van der Waals surface area contributed by atoms with E-state index in [0.29, 0.717) is 0 Å². The Hall–Kier alpha value is -1.32. The lowest BCUT2D eigenvalue weighted by molar-refractivity contribution is -0.342. The van der Waals surface area contributed by atoms with E-state index in [1.54, 1.807) is 14.2 Å². The lowest BCUT2D eigenvalue weighted by Crippen LogP contribution is -2.38. The molecule has 0 saturated carbocycles. The average molecular weight is 220 g/mol. The molecule has 0 aliphatic carbocycles. The predicted octanol–water partition coefficient (Wildman–Crippen LogP) is 2.65. The van der Waals surface area contributed by atoms with E-state index < -0.39 is 5.97 Å². The molecule has 1 atom stereocenters. The summed E-state index contributed by atoms with van der Waals surface area (Å²) in [5.74, 6) is -0.243. The van der Waals surface area contributed by atoms with Crippen LogP contribution in [0.3, 0.4) is 0 Å². The van der Waals surface area contributed by atoms with Crippen LogP contribution in [-0.4, -0.2) is 20.2 Å². The van der Waals surface area contributed by atoms with E-state index in [0.717, 1.165) is 11.3 Å². The topological polar surface area (TPSA) is 27.7 Å². The molecule has 1 unspecified atom stereocenters. The minimum Gasteiger partial charge on any atom is -0.443 e. The van der Waals surface area contributed by atoms with Crippen LogP contribution in [0.4, 0.5) is 0 Å². The quantitative estimate of drug-likeness (QED) is 0.733. The Morgan fingerprint density at radius 3 is 2.31 bits per heavy atom. The second kappa shape index (κ2) is 4.28. The molecule has 0 amide bonds. The van der Waals surface area contributed by atoms with E-state index in [-0.39, 0.29) is 5.92 Å². The molecule has 0 N–H and O–H groups in total. The highest BCUT2D eigenvalue weighted by molar-refractivity contribution is 5.29. The van der Waals surface area contributed by atoms with Crippen molar-refractivity contribution in [3.8, 4) is 0 Å². The van der Waals surface area contributed by atoms with Crippen molar-refractivity contribution in [2.24, 2.45) is 0 Å². The van der Waals surface area contributed by atoms with E-state index in [2.05, 4.69) is 0 Å². The predicted molar refractivity (Wildman–Crippen MR) is 60.8 cm³/mol. The summed E-state index contributed by atoms with van der Waals surface area (Å²) in [6.07, 6.45) is 2.02. The minimum atomic E-state index is -1.02. The fourth-order valence-corrected chi connectivity index (χ4v) is 2.04. The van der Waals surface area contributed by atoms with E-state index in [1.807, 2.05) is 43.3 Å². The van der Waals surface area contributed by atoms with Crippen LogP contribution in [0.5, 0.6) is 0 Å². The van der Waals surface area contributed by atoms with Gasteiger partial charge in [0.1, 0.15) is 0 Å². The van der Waals surface area contributed by atoms with Gasteiger partial charge in [-0.25, -0.2) is 0 Å². The lowest BCUT2D eigenvalue weighted by Gasteiger charge is -2.31. The highest BCUT2D eigenvalue weighted by Crippen LogP contribution is 2.41. The van der Waals surface area contributed by atoms with Gasteiger partial charge >= 0.3 is 5.97 Å². The van der Waals surface area contributed by atoms with Crippen LogP contribution in [0.25, 0.3) is 0 Å². The summed E-state index contributed by atoms with van der Waals surface area (Å²) in [5.41, 5.74) is 1.11. The maximum atomic E-state index is 5.63. The fraction of sp³-hybridized carbons (Fsp3) is 0.385. The third-order valence-corrected chi connectivity index (χ3v) is 2.81. The number of allylic oxidation sites excluding steroid dienone is 1. The average Bonchev–Trinajstić information content (AvgIpc) is 2.68. The number of benzene rings is 1. The number of ether oxygens (including phenoxy) is 3. The minimum absolute atomic E-state index is 0.0382. The number of rotatable bonds is 3. The third kappa shape index (κ3) is 1.72. The van der Waals surface area contributed by atoms with E-state index >= 15 is 0 Å². The van der Waals surface area contributed by atoms with Gasteiger partial charge in [-0.05, 0) is 18.6 Å². The van der Waals surface area contributed by atoms with Crippen LogP contribution < -0.4 is 0 Å². The SMILES string of the molecule is COC1(OC)OC(C)=CC1c1ccccc1. The Kier molecular flexibility index (Phi) is 2.99. The molecule has 86 valence electrons. The smallest absolute Gasteiger partial charge is 0.337 e. The van der Waals surface area contributed by atoms with Crippen LogP contribution in [0.1, 0.15) is 18.4 Å². The fourth-order valence-electron chi connectivity index (χ4n) is 2.04. The molecule has 2 rings (SSSR count). The Morgan fingerprint density at radius 1 is 1.12 bits per heavy atom. The standard InChI is InChI=1S/C13H16O3/c1-10-9-12(11-7-5-4-6-8-11)13(14-2,15-3)16-10/h4-9,12H,1-3H3. The van der Waals surface area contributed by atoms with Crippen molar-refractivity contribution in [3.63, 3.8) is 0 Å². The molecule has 3 nitrogen and oxygen atoms in total. The molecular weight excluding hydrogens is 204 g/mol. The molecule has 0 saturated heterocycles. The van der Waals surface area contributed by atoms with Crippen LogP contribution in [0, 0.1) is 0 Å². The molecule has 0 radical (unpaired) electrons. The Morgan fingerprint density at radius 2 is 1.75 bits per heavy atom. The second-order valence-electron chi connectivity index (χ2n) is 3.78. The maximum absolute atomic E-state index is 5.63. The molecule has 0 spiro atoms. The first-order valence-corrected chi connectivity index (χ1v) is 5.24. The van der Waals surface area contributed by atoms with Crippen LogP contribution in [0.15, 0.2) is 42.2 Å². The van der Waals surface area contributed by atoms with Crippen molar-refractivity contribution in [2.45, 2.75) is 18.8 Å². The molecule has 1 aromatic carbocycles. The zero-order valence-corrected chi connectivity index (χ0v) is 9.77. The number of hydrogen-bond acceptors (Lipinski definition) is 3. The summed E-state index contributed by atoms with van der Waals surface area (Å²) in [6, 6.07) is 10.0. The number of methoxy groups -OCH3 is 2. The summed E-state index contributed by atoms with van der Waals surface area (Å²) >= 11 is 0. The monoisotopic (exact) mass is 220 g/mol. The van der Waals surface area contributed by atoms with Gasteiger partial charge in [0, 0.05) is 14.2 Å². The second-order valence-corrected chi connectivity index (χ2v) is 3.78. The zero-order chi connectivity index (χ0) is 11.6. The molecule has 1 aliphatic rings. The maximum Gasteiger partial charge on any atom is 0.337 e. The summed E-state index contributed by atoms with van der Waals surface area (Å²) in [7, 11) is 3.18. The van der Waals surface area contributed by atoms with Gasteiger partial charge in [-0.2, -0.15) is 0 Å². The summed E-state index contributed by atoms with van der Waals surface area (Å²) in [6.45, 7) is 1.90. The highest BCUT2D eigenvalue weighted by Gasteiger charge is 2.46. The summed E-state index contributed by atoms with van der Waals surface area (Å²) in [4.78, 5) is 0. The Labute approximate surface area is 95.6 Å². The van der Waals surface area contributed by atoms with Crippen molar-refractivity contribution in [1.29, 1.82) is 0 Å². The Balaban J connectivity index is 2.38. The van der Waals surface area contributed by atoms with Gasteiger partial charge in [0.25, 0.3) is 0 Å². The molecule has 0 aromatic heterocycles. The molecule has 1 heterocycles. The van der Waals surface area contributed by atoms with Gasteiger partial charge in [-0.1, -0.05) is 30.3 Å². The van der Waals surface area contributed by atoms with Gasteiger partial charge in [-0.15, -0.1) is 0 Å². The van der Waals surface area contributed by atoms with Crippen LogP contribution >= 0.6 is 0 Å². The lowest BCUT2D eigenvalue weighted by atomic mass is 9.97. The zero-order valence-electron chi connectivity index (χ0n) is 9.77. The molecule has 0 bridgehead atoms. The van der Waals surface area contributed by atoms with Gasteiger partial charge in [0.15, 0.2) is 0 Å². The van der Waals surface area contributed by atoms with E-state index in [4.69, 9.17) is 14.2 Å². The first-order valence-electron chi connectivity index (χ1n) is 5.24. The molecular formula is C13H16O3. The van der Waals surface area contributed by atoms with Crippen molar-refractivity contribution < 1.29 is 14.2 Å². The first-order chi connectivity index (χ1) is 7.72. The molecule has 0 fully saturated rings. The number of hydrogen-bond donors (Lipinski definition) is 0. The normalized spacial score (nSPS) is 22.7. The Bertz CT molecular complexity index is 379. The summed E-state index contributed by atoms with van der Waals surface area (Å²) < 4.78 is 16.4. The van der Waals surface area contributed by atoms with Crippen LogP contribution in [0.2, 0.25) is 0 Å². The van der Waals surface area contributed by atoms with Crippen molar-refractivity contribution in [2.75, 3.05) is 14.2 Å². The van der Waals surface area contributed by atoms with Gasteiger partial charge in [0.05, 0.1) is 11.7 Å². The molecule has 16 heavy (non-hydrogen) atoms. The van der Waals surface area contributed by atoms with Crippen molar-refractivity contribution in [1.82, 2.24) is 0 Å². The molecule has 3 heteroatoms. The highest BCUT2D eigenvalue weighted by atomic mass is 16.9. The largest absolute Gasteiger partial charge is 0.443 e. The molecule has 1 aromatic rings. The van der Waals surface area contributed by atoms with Crippen LogP contribution in [-0.2, 0) is 14.2 Å².